The predicted molar refractivity (Wildman–Crippen MR) is 160 cm³/mol. The first-order valence-electron chi connectivity index (χ1n) is 13.5. The van der Waals surface area contributed by atoms with Crippen molar-refractivity contribution in [3.8, 4) is 5.75 Å². The number of hydrogen-bond acceptors (Lipinski definition) is 4. The molecule has 0 atom stereocenters. The molecule has 0 spiro atoms. The van der Waals surface area contributed by atoms with Gasteiger partial charge in [0.1, 0.15) is 12.4 Å². The van der Waals surface area contributed by atoms with Gasteiger partial charge in [0.15, 0.2) is 5.78 Å². The van der Waals surface area contributed by atoms with Crippen LogP contribution in [-0.2, 0) is 19.6 Å². The van der Waals surface area contributed by atoms with Gasteiger partial charge in [-0.2, -0.15) is 0 Å². The van der Waals surface area contributed by atoms with E-state index in [2.05, 4.69) is 77.4 Å². The van der Waals surface area contributed by atoms with Gasteiger partial charge in [-0.1, -0.05) is 60.2 Å². The molecule has 6 heteroatoms. The standard InChI is InChI=1S/C32H38N2O2.2ClH/c1-25-7-9-28(10-8-25)22-33-17-15-26(16-18-33)11-13-31(35)29-12-14-32-30(21-29)24-34(19-20-36-32)23-27-5-3-2-4-6-27;;/h2-10,12,14,21,26H,11,13,15-20,22-24H2,1H3;2*1H. The normalized spacial score (nSPS) is 16.3. The molecule has 2 aliphatic heterocycles. The summed E-state index contributed by atoms with van der Waals surface area (Å²) in [7, 11) is 0. The Kier molecular flexibility index (Phi) is 11.7. The third-order valence-corrected chi connectivity index (χ3v) is 7.70. The predicted octanol–water partition coefficient (Wildman–Crippen LogP) is 7.11. The molecular weight excluding hydrogens is 515 g/mol. The van der Waals surface area contributed by atoms with E-state index in [4.69, 9.17) is 4.74 Å². The maximum atomic E-state index is 13.1. The van der Waals surface area contributed by atoms with Crippen LogP contribution < -0.4 is 4.74 Å². The lowest BCUT2D eigenvalue weighted by molar-refractivity contribution is 0.0961. The molecule has 1 fully saturated rings. The fourth-order valence-electron chi connectivity index (χ4n) is 5.46. The summed E-state index contributed by atoms with van der Waals surface area (Å²) in [5.74, 6) is 1.83. The Balaban J connectivity index is 0.00000200. The third-order valence-electron chi connectivity index (χ3n) is 7.70. The molecule has 0 N–H and O–H groups in total. The summed E-state index contributed by atoms with van der Waals surface area (Å²) in [5.41, 5.74) is 5.96. The zero-order valence-corrected chi connectivity index (χ0v) is 23.9. The number of ether oxygens (including phenoxy) is 1. The summed E-state index contributed by atoms with van der Waals surface area (Å²) in [4.78, 5) is 18.1. The minimum atomic E-state index is 0. The fourth-order valence-corrected chi connectivity index (χ4v) is 5.46. The van der Waals surface area contributed by atoms with Crippen molar-refractivity contribution in [1.29, 1.82) is 0 Å². The molecule has 3 aromatic carbocycles. The van der Waals surface area contributed by atoms with Crippen molar-refractivity contribution >= 4 is 30.6 Å². The molecule has 3 aromatic rings. The van der Waals surface area contributed by atoms with Gasteiger partial charge in [-0.15, -0.1) is 24.8 Å². The van der Waals surface area contributed by atoms with E-state index < -0.39 is 0 Å². The molecule has 0 unspecified atom stereocenters. The van der Waals surface area contributed by atoms with Crippen LogP contribution in [-0.4, -0.2) is 41.8 Å². The minimum absolute atomic E-state index is 0. The van der Waals surface area contributed by atoms with Crippen LogP contribution in [0.3, 0.4) is 0 Å². The van der Waals surface area contributed by atoms with Crippen molar-refractivity contribution in [2.24, 2.45) is 5.92 Å². The van der Waals surface area contributed by atoms with Crippen molar-refractivity contribution in [3.05, 3.63) is 101 Å². The second-order valence-electron chi connectivity index (χ2n) is 10.5. The number of nitrogens with zero attached hydrogens (tertiary/aromatic N) is 2. The molecule has 0 aromatic heterocycles. The molecular formula is C32H40Cl2N2O2. The first-order valence-corrected chi connectivity index (χ1v) is 13.5. The van der Waals surface area contributed by atoms with Crippen LogP contribution in [0.15, 0.2) is 72.8 Å². The van der Waals surface area contributed by atoms with Crippen LogP contribution in [0.2, 0.25) is 0 Å². The summed E-state index contributed by atoms with van der Waals surface area (Å²) >= 11 is 0. The number of aryl methyl sites for hydroxylation is 1. The average molecular weight is 556 g/mol. The quantitative estimate of drug-likeness (QED) is 0.278. The monoisotopic (exact) mass is 554 g/mol. The zero-order chi connectivity index (χ0) is 24.7. The van der Waals surface area contributed by atoms with E-state index in [0.717, 1.165) is 62.6 Å². The molecule has 5 rings (SSSR count). The second kappa shape index (κ2) is 14.7. The Labute approximate surface area is 240 Å². The number of rotatable bonds is 8. The number of benzene rings is 3. The largest absolute Gasteiger partial charge is 0.492 e. The van der Waals surface area contributed by atoms with E-state index in [1.807, 2.05) is 12.1 Å². The number of piperidine rings is 1. The fraction of sp³-hybridized carbons (Fsp3) is 0.406. The van der Waals surface area contributed by atoms with Crippen LogP contribution >= 0.6 is 24.8 Å². The number of halogens is 2. The Hall–Kier alpha value is -2.37. The zero-order valence-electron chi connectivity index (χ0n) is 22.3. The number of hydrogen-bond donors (Lipinski definition) is 0. The highest BCUT2D eigenvalue weighted by molar-refractivity contribution is 5.96. The van der Waals surface area contributed by atoms with E-state index in [0.29, 0.717) is 18.9 Å². The van der Waals surface area contributed by atoms with Crippen LogP contribution in [0.25, 0.3) is 0 Å². The number of carbonyl (C=O) groups excluding carboxylic acids is 1. The van der Waals surface area contributed by atoms with Gasteiger partial charge in [0.25, 0.3) is 0 Å². The molecule has 0 aliphatic carbocycles. The van der Waals surface area contributed by atoms with Gasteiger partial charge in [-0.25, -0.2) is 0 Å². The summed E-state index contributed by atoms with van der Waals surface area (Å²) in [6.45, 7) is 8.68. The van der Waals surface area contributed by atoms with Crippen molar-refractivity contribution in [2.45, 2.75) is 52.2 Å². The summed E-state index contributed by atoms with van der Waals surface area (Å²) in [5, 5.41) is 0. The Morgan fingerprint density at radius 2 is 1.53 bits per heavy atom. The molecule has 0 radical (unpaired) electrons. The summed E-state index contributed by atoms with van der Waals surface area (Å²) < 4.78 is 6.01. The van der Waals surface area contributed by atoms with E-state index in [-0.39, 0.29) is 30.6 Å². The first-order chi connectivity index (χ1) is 17.6. The van der Waals surface area contributed by atoms with Crippen molar-refractivity contribution in [2.75, 3.05) is 26.2 Å². The van der Waals surface area contributed by atoms with E-state index >= 15 is 0 Å². The van der Waals surface area contributed by atoms with Crippen molar-refractivity contribution < 1.29 is 9.53 Å². The third kappa shape index (κ3) is 8.31. The Morgan fingerprint density at radius 1 is 0.842 bits per heavy atom. The molecule has 38 heavy (non-hydrogen) atoms. The molecule has 0 bridgehead atoms. The van der Waals surface area contributed by atoms with Crippen LogP contribution in [0.4, 0.5) is 0 Å². The van der Waals surface area contributed by atoms with E-state index in [1.54, 1.807) is 0 Å². The number of fused-ring (bicyclic) bond motifs is 1. The van der Waals surface area contributed by atoms with Gasteiger partial charge >= 0.3 is 0 Å². The molecule has 2 heterocycles. The highest BCUT2D eigenvalue weighted by Gasteiger charge is 2.22. The van der Waals surface area contributed by atoms with E-state index in [1.165, 1.54) is 29.5 Å². The number of ketones is 1. The SMILES string of the molecule is Cc1ccc(CN2CCC(CCC(=O)c3ccc4c(c3)CN(Cc3ccccc3)CCO4)CC2)cc1.Cl.Cl. The molecule has 2 aliphatic rings. The number of Topliss-reactive ketones (excluding diaryl/α,β-unsaturated/α-hetero) is 1. The summed E-state index contributed by atoms with van der Waals surface area (Å²) in [6.07, 6.45) is 4.00. The lowest BCUT2D eigenvalue weighted by atomic mass is 9.90. The first kappa shape index (κ1) is 30.2. The maximum absolute atomic E-state index is 13.1. The van der Waals surface area contributed by atoms with Gasteiger partial charge in [0.05, 0.1) is 0 Å². The number of likely N-dealkylation sites (tertiary alicyclic amines) is 1. The topological polar surface area (TPSA) is 32.8 Å². The summed E-state index contributed by atoms with van der Waals surface area (Å²) in [6, 6.07) is 25.5. The second-order valence-corrected chi connectivity index (χ2v) is 10.5. The highest BCUT2D eigenvalue weighted by Crippen LogP contribution is 2.28. The maximum Gasteiger partial charge on any atom is 0.162 e. The van der Waals surface area contributed by atoms with Gasteiger partial charge in [0, 0.05) is 43.7 Å². The lowest BCUT2D eigenvalue weighted by Crippen LogP contribution is -2.33. The highest BCUT2D eigenvalue weighted by atomic mass is 35.5. The molecule has 4 nitrogen and oxygen atoms in total. The average Bonchev–Trinajstić information content (AvgIpc) is 3.11. The van der Waals surface area contributed by atoms with Gasteiger partial charge in [-0.05, 0) is 74.5 Å². The van der Waals surface area contributed by atoms with Gasteiger partial charge < -0.3 is 4.74 Å². The smallest absolute Gasteiger partial charge is 0.162 e. The number of carbonyl (C=O) groups is 1. The van der Waals surface area contributed by atoms with Crippen LogP contribution in [0.1, 0.15) is 58.3 Å². The molecule has 0 saturated carbocycles. The van der Waals surface area contributed by atoms with Crippen LogP contribution in [0.5, 0.6) is 5.75 Å². The molecule has 204 valence electrons. The van der Waals surface area contributed by atoms with E-state index in [9.17, 15) is 4.79 Å². The Bertz CT molecular complexity index is 1150. The minimum Gasteiger partial charge on any atom is -0.492 e. The molecule has 0 amide bonds. The Morgan fingerprint density at radius 3 is 2.26 bits per heavy atom. The van der Waals surface area contributed by atoms with Gasteiger partial charge in [0.2, 0.25) is 0 Å². The van der Waals surface area contributed by atoms with Gasteiger partial charge in [-0.3, -0.25) is 14.6 Å². The van der Waals surface area contributed by atoms with Crippen molar-refractivity contribution in [1.82, 2.24) is 9.80 Å². The van der Waals surface area contributed by atoms with Crippen LogP contribution in [0, 0.1) is 12.8 Å². The molecule has 1 saturated heterocycles. The lowest BCUT2D eigenvalue weighted by Gasteiger charge is -2.32. The van der Waals surface area contributed by atoms with Crippen molar-refractivity contribution in [3.63, 3.8) is 0 Å².